The van der Waals surface area contributed by atoms with Crippen molar-refractivity contribution in [3.63, 3.8) is 0 Å². The van der Waals surface area contributed by atoms with Crippen LogP contribution in [-0.4, -0.2) is 4.57 Å². The minimum Gasteiger partial charge on any atom is -0.344 e. The number of allylic oxidation sites excluding steroid dienone is 3. The Morgan fingerprint density at radius 2 is 1.50 bits per heavy atom. The van der Waals surface area contributed by atoms with E-state index in [1.54, 1.807) is 0 Å². The minimum absolute atomic E-state index is 0.000647. The average molecular weight is 440 g/mol. The van der Waals surface area contributed by atoms with E-state index in [0.717, 1.165) is 0 Å². The molecule has 34 heavy (non-hydrogen) atoms. The van der Waals surface area contributed by atoms with Crippen LogP contribution >= 0.6 is 0 Å². The van der Waals surface area contributed by atoms with Gasteiger partial charge in [-0.05, 0) is 70.1 Å². The van der Waals surface area contributed by atoms with Gasteiger partial charge >= 0.3 is 0 Å². The summed E-state index contributed by atoms with van der Waals surface area (Å²) >= 11 is 0. The third kappa shape index (κ3) is 2.93. The van der Waals surface area contributed by atoms with Crippen LogP contribution in [-0.2, 0) is 12.5 Å². The van der Waals surface area contributed by atoms with Crippen molar-refractivity contribution in [1.82, 2.24) is 4.57 Å². The molecule has 1 aromatic heterocycles. The summed E-state index contributed by atoms with van der Waals surface area (Å²) in [4.78, 5) is 0. The second-order valence-electron chi connectivity index (χ2n) is 9.85. The molecule has 4 aromatic carbocycles. The van der Waals surface area contributed by atoms with E-state index in [-0.39, 0.29) is 5.41 Å². The molecule has 0 N–H and O–H groups in total. The van der Waals surface area contributed by atoms with Gasteiger partial charge in [-0.1, -0.05) is 92.7 Å². The molecule has 1 heteroatoms. The first-order valence-corrected chi connectivity index (χ1v) is 12.1. The van der Waals surface area contributed by atoms with E-state index in [1.165, 1.54) is 60.8 Å². The Labute approximate surface area is 201 Å². The Kier molecular flexibility index (Phi) is 4.64. The van der Waals surface area contributed by atoms with E-state index in [1.807, 2.05) is 6.92 Å². The van der Waals surface area contributed by atoms with Crippen molar-refractivity contribution in [3.8, 4) is 22.3 Å². The number of nitrogens with zero attached hydrogens (tertiary/aromatic N) is 1. The molecule has 1 aliphatic carbocycles. The van der Waals surface area contributed by atoms with Crippen molar-refractivity contribution < 1.29 is 0 Å². The monoisotopic (exact) mass is 439 g/mol. The Balaban J connectivity index is 1.59. The Morgan fingerprint density at radius 3 is 2.35 bits per heavy atom. The van der Waals surface area contributed by atoms with Crippen molar-refractivity contribution in [3.05, 3.63) is 114 Å². The molecule has 0 radical (unpaired) electrons. The summed E-state index contributed by atoms with van der Waals surface area (Å²) in [5, 5.41) is 2.63. The maximum absolute atomic E-state index is 2.43. The molecule has 1 aliphatic rings. The normalized spacial score (nSPS) is 14.5. The summed E-state index contributed by atoms with van der Waals surface area (Å²) in [6.07, 6.45) is 8.41. The van der Waals surface area contributed by atoms with Gasteiger partial charge in [0, 0.05) is 34.3 Å². The van der Waals surface area contributed by atoms with Gasteiger partial charge in [0.05, 0.1) is 0 Å². The van der Waals surface area contributed by atoms with Crippen LogP contribution in [0.5, 0.6) is 0 Å². The number of aromatic nitrogens is 1. The van der Waals surface area contributed by atoms with E-state index in [0.29, 0.717) is 0 Å². The molecule has 0 aliphatic heterocycles. The van der Waals surface area contributed by atoms with E-state index in [2.05, 4.69) is 129 Å². The highest BCUT2D eigenvalue weighted by Crippen LogP contribution is 2.50. The molecule has 6 rings (SSSR count). The van der Waals surface area contributed by atoms with Gasteiger partial charge in [0.25, 0.3) is 0 Å². The highest BCUT2D eigenvalue weighted by molar-refractivity contribution is 6.15. The van der Waals surface area contributed by atoms with Gasteiger partial charge in [0.1, 0.15) is 0 Å². The molecule has 166 valence electrons. The predicted octanol–water partition coefficient (Wildman–Crippen LogP) is 8.89. The van der Waals surface area contributed by atoms with Crippen molar-refractivity contribution in [2.75, 3.05) is 0 Å². The first kappa shape index (κ1) is 20.7. The molecule has 1 nitrogen and oxygen atoms in total. The third-order valence-electron chi connectivity index (χ3n) is 7.54. The van der Waals surface area contributed by atoms with Gasteiger partial charge in [-0.3, -0.25) is 0 Å². The molecule has 0 amide bonds. The van der Waals surface area contributed by atoms with Gasteiger partial charge in [-0.2, -0.15) is 0 Å². The zero-order chi connectivity index (χ0) is 23.4. The highest BCUT2D eigenvalue weighted by atomic mass is 14.9. The van der Waals surface area contributed by atoms with Gasteiger partial charge in [0.15, 0.2) is 0 Å². The molecular weight excluding hydrogens is 410 g/mol. The van der Waals surface area contributed by atoms with Crippen LogP contribution in [0.3, 0.4) is 0 Å². The second-order valence-corrected chi connectivity index (χ2v) is 9.85. The topological polar surface area (TPSA) is 4.93 Å². The summed E-state index contributed by atoms with van der Waals surface area (Å²) in [5.41, 5.74) is 11.9. The fourth-order valence-corrected chi connectivity index (χ4v) is 5.77. The number of rotatable bonds is 3. The SMILES string of the molecule is C/C=C\C=C/c1ccc2c(c1)c1c(-c3ccc4c(c3)C(C)(C)c3ccccc3-4)cccc1n2C. The molecule has 0 fully saturated rings. The summed E-state index contributed by atoms with van der Waals surface area (Å²) in [5.74, 6) is 0. The smallest absolute Gasteiger partial charge is 0.0495 e. The maximum Gasteiger partial charge on any atom is 0.0495 e. The van der Waals surface area contributed by atoms with E-state index >= 15 is 0 Å². The standard InChI is InChI=1S/C33H29N/c1-5-6-7-11-22-16-19-30-27(20-22)32-24(13-10-15-31(32)34(30)4)23-17-18-26-25-12-8-9-14-28(25)33(2,3)29(26)21-23/h5-21H,1-4H3/b6-5-,11-7-. The summed E-state index contributed by atoms with van der Waals surface area (Å²) in [6, 6.07) is 29.4. The lowest BCUT2D eigenvalue weighted by Crippen LogP contribution is -2.14. The fraction of sp³-hybridized carbons (Fsp3) is 0.152. The quantitative estimate of drug-likeness (QED) is 0.247. The number of benzene rings is 4. The first-order valence-electron chi connectivity index (χ1n) is 12.1. The average Bonchev–Trinajstić information content (AvgIpc) is 3.27. The number of fused-ring (bicyclic) bond motifs is 6. The van der Waals surface area contributed by atoms with Gasteiger partial charge in [-0.15, -0.1) is 0 Å². The Hall–Kier alpha value is -3.84. The second kappa shape index (κ2) is 7.60. The number of aryl methyl sites for hydroxylation is 1. The lowest BCUT2D eigenvalue weighted by molar-refractivity contribution is 0.660. The maximum atomic E-state index is 2.43. The largest absolute Gasteiger partial charge is 0.344 e. The van der Waals surface area contributed by atoms with Gasteiger partial charge < -0.3 is 4.57 Å². The third-order valence-corrected chi connectivity index (χ3v) is 7.54. The highest BCUT2D eigenvalue weighted by Gasteiger charge is 2.35. The van der Waals surface area contributed by atoms with E-state index < -0.39 is 0 Å². The van der Waals surface area contributed by atoms with Crippen molar-refractivity contribution in [2.24, 2.45) is 7.05 Å². The molecule has 0 bridgehead atoms. The zero-order valence-corrected chi connectivity index (χ0v) is 20.3. The van der Waals surface area contributed by atoms with Crippen molar-refractivity contribution in [2.45, 2.75) is 26.2 Å². The van der Waals surface area contributed by atoms with Crippen LogP contribution in [0.2, 0.25) is 0 Å². The Morgan fingerprint density at radius 1 is 0.706 bits per heavy atom. The number of hydrogen-bond acceptors (Lipinski definition) is 0. The molecule has 0 unspecified atom stereocenters. The molecule has 0 atom stereocenters. The summed E-state index contributed by atoms with van der Waals surface area (Å²) < 4.78 is 2.32. The van der Waals surface area contributed by atoms with Crippen LogP contribution in [0.15, 0.2) is 97.1 Å². The first-order chi connectivity index (χ1) is 16.5. The lowest BCUT2D eigenvalue weighted by Gasteiger charge is -2.22. The van der Waals surface area contributed by atoms with Crippen LogP contribution in [0.1, 0.15) is 37.5 Å². The number of hydrogen-bond donors (Lipinski definition) is 0. The van der Waals surface area contributed by atoms with Crippen molar-refractivity contribution in [1.29, 1.82) is 0 Å². The Bertz CT molecular complexity index is 1640. The minimum atomic E-state index is -0.000647. The van der Waals surface area contributed by atoms with Crippen LogP contribution < -0.4 is 0 Å². The van der Waals surface area contributed by atoms with Crippen molar-refractivity contribution >= 4 is 27.9 Å². The molecule has 1 heterocycles. The summed E-state index contributed by atoms with van der Waals surface area (Å²) in [6.45, 7) is 6.74. The molecule has 0 spiro atoms. The van der Waals surface area contributed by atoms with Gasteiger partial charge in [-0.25, -0.2) is 0 Å². The van der Waals surface area contributed by atoms with Crippen LogP contribution in [0.4, 0.5) is 0 Å². The van der Waals surface area contributed by atoms with Gasteiger partial charge in [0.2, 0.25) is 0 Å². The molecule has 0 saturated carbocycles. The van der Waals surface area contributed by atoms with Crippen LogP contribution in [0.25, 0.3) is 50.1 Å². The molecular formula is C33H29N. The fourth-order valence-electron chi connectivity index (χ4n) is 5.77. The van der Waals surface area contributed by atoms with E-state index in [4.69, 9.17) is 0 Å². The van der Waals surface area contributed by atoms with E-state index in [9.17, 15) is 0 Å². The summed E-state index contributed by atoms with van der Waals surface area (Å²) in [7, 11) is 2.17. The molecule has 5 aromatic rings. The lowest BCUT2D eigenvalue weighted by atomic mass is 9.81. The predicted molar refractivity (Wildman–Crippen MR) is 147 cm³/mol. The molecule has 0 saturated heterocycles. The zero-order valence-electron chi connectivity index (χ0n) is 20.3. The van der Waals surface area contributed by atoms with Crippen LogP contribution in [0, 0.1) is 0 Å².